The number of hydrogen-bond acceptors (Lipinski definition) is 4. The summed E-state index contributed by atoms with van der Waals surface area (Å²) in [7, 11) is 0. The van der Waals surface area contributed by atoms with Crippen LogP contribution in [-0.2, 0) is 17.8 Å². The lowest BCUT2D eigenvalue weighted by molar-refractivity contribution is -0.683. The molecule has 0 unspecified atom stereocenters. The smallest absolute Gasteiger partial charge is 0.237 e. The number of halogens is 1. The van der Waals surface area contributed by atoms with Gasteiger partial charge in [-0.15, -0.1) is 11.3 Å². The van der Waals surface area contributed by atoms with Crippen LogP contribution < -0.4 is 21.5 Å². The van der Waals surface area contributed by atoms with Crippen LogP contribution in [0.5, 0.6) is 0 Å². The summed E-state index contributed by atoms with van der Waals surface area (Å²) in [6.45, 7) is 1.68. The molecule has 138 valence electrons. The number of hydrogen-bond donors (Lipinski definition) is 0. The lowest BCUT2D eigenvalue weighted by atomic mass is 10.2. The van der Waals surface area contributed by atoms with Gasteiger partial charge >= 0.3 is 0 Å². The van der Waals surface area contributed by atoms with Crippen molar-refractivity contribution in [2.75, 3.05) is 6.73 Å². The van der Waals surface area contributed by atoms with E-state index in [0.29, 0.717) is 13.3 Å². The van der Waals surface area contributed by atoms with Gasteiger partial charge in [-0.05, 0) is 23.1 Å². The molecule has 4 rings (SSSR count). The second-order valence-electron chi connectivity index (χ2n) is 6.16. The molecule has 6 heteroatoms. The molecular weight excluding hydrogens is 424 g/mol. The van der Waals surface area contributed by atoms with Crippen LogP contribution in [-0.4, -0.2) is 17.4 Å². The van der Waals surface area contributed by atoms with Gasteiger partial charge < -0.3 is 26.6 Å². The Kier molecular flexibility index (Phi) is 6.42. The Hall–Kier alpha value is -2.44. The van der Waals surface area contributed by atoms with Crippen LogP contribution in [0, 0.1) is 0 Å². The van der Waals surface area contributed by atoms with Gasteiger partial charge in [0, 0.05) is 18.8 Å². The molecule has 0 amide bonds. The number of rotatable bonds is 6. The van der Waals surface area contributed by atoms with Crippen molar-refractivity contribution in [2.45, 2.75) is 13.1 Å². The lowest BCUT2D eigenvalue weighted by Crippen LogP contribution is -3.00. The van der Waals surface area contributed by atoms with Gasteiger partial charge in [0.1, 0.15) is 0 Å². The fraction of sp³-hybridized carbons (Fsp3) is 0.143. The number of nitrogens with zero attached hydrogens (tertiary/aromatic N) is 2. The number of ketones is 1. The van der Waals surface area contributed by atoms with E-state index in [2.05, 4.69) is 17.0 Å². The van der Waals surface area contributed by atoms with Gasteiger partial charge in [-0.2, -0.15) is 4.57 Å². The van der Waals surface area contributed by atoms with E-state index in [9.17, 15) is 4.79 Å². The maximum Gasteiger partial charge on any atom is 0.237 e. The minimum Gasteiger partial charge on any atom is -1.00 e. The van der Waals surface area contributed by atoms with E-state index in [1.54, 1.807) is 0 Å². The van der Waals surface area contributed by atoms with Crippen molar-refractivity contribution in [1.82, 2.24) is 4.90 Å². The number of Topliss-reactive ketones (excluding diaryl/α,β-unsaturated/α-hetero) is 1. The molecule has 2 aromatic heterocycles. The zero-order valence-corrected chi connectivity index (χ0v) is 17.0. The Morgan fingerprint density at radius 1 is 1.11 bits per heavy atom. The molecule has 3 aromatic rings. The zero-order valence-electron chi connectivity index (χ0n) is 14.6. The third kappa shape index (κ3) is 4.84. The van der Waals surface area contributed by atoms with E-state index in [0.717, 1.165) is 22.7 Å². The predicted octanol–water partition coefficient (Wildman–Crippen LogP) is 0.711. The molecule has 4 nitrogen and oxygen atoms in total. The summed E-state index contributed by atoms with van der Waals surface area (Å²) < 4.78 is 7.75. The molecular formula is C21H19BrN2O2S. The van der Waals surface area contributed by atoms with E-state index >= 15 is 0 Å². The predicted molar refractivity (Wildman–Crippen MR) is 101 cm³/mol. The fourth-order valence-electron chi connectivity index (χ4n) is 2.91. The Labute approximate surface area is 173 Å². The molecule has 0 saturated heterocycles. The van der Waals surface area contributed by atoms with Gasteiger partial charge in [0.2, 0.25) is 12.3 Å². The molecule has 1 aliphatic rings. The number of thiophene rings is 1. The number of aromatic nitrogens is 1. The summed E-state index contributed by atoms with van der Waals surface area (Å²) in [4.78, 5) is 15.2. The second kappa shape index (κ2) is 8.97. The second-order valence-corrected chi connectivity index (χ2v) is 7.11. The first kappa shape index (κ1) is 19.3. The summed E-state index contributed by atoms with van der Waals surface area (Å²) in [5.74, 6) is 0.952. The Morgan fingerprint density at radius 2 is 1.96 bits per heavy atom. The molecule has 0 bridgehead atoms. The largest absolute Gasteiger partial charge is 1.00 e. The Balaban J connectivity index is 0.00000210. The summed E-state index contributed by atoms with van der Waals surface area (Å²) >= 11 is 1.48. The maximum atomic E-state index is 12.3. The van der Waals surface area contributed by atoms with Crippen molar-refractivity contribution >= 4 is 22.9 Å². The maximum absolute atomic E-state index is 12.3. The van der Waals surface area contributed by atoms with Gasteiger partial charge in [0.25, 0.3) is 0 Å². The van der Waals surface area contributed by atoms with Crippen LogP contribution in [0.15, 0.2) is 78.6 Å². The lowest BCUT2D eigenvalue weighted by Gasteiger charge is -2.12. The number of ether oxygens (including phenoxy) is 1. The molecule has 3 heterocycles. The standard InChI is InChI=1S/C21H19N2O2S.BrH/c24-19(21-9-5-11-26-21)14-22-10-4-8-18(13-22)20-15-23(16-25-20)12-17-6-2-1-3-7-17;/h1-11,13,15H,12,14,16H2;1H/q+1;/p-1. The number of carbonyl (C=O) groups excluding carboxylic acids is 1. The molecule has 0 atom stereocenters. The van der Waals surface area contributed by atoms with Crippen molar-refractivity contribution < 1.29 is 31.1 Å². The van der Waals surface area contributed by atoms with Gasteiger partial charge in [0.05, 0.1) is 10.4 Å². The molecule has 27 heavy (non-hydrogen) atoms. The minimum absolute atomic E-state index is 0. The van der Waals surface area contributed by atoms with Crippen LogP contribution in [0.1, 0.15) is 20.8 Å². The minimum atomic E-state index is 0. The van der Waals surface area contributed by atoms with Crippen molar-refractivity contribution in [2.24, 2.45) is 0 Å². The molecule has 0 radical (unpaired) electrons. The first-order valence-corrected chi connectivity index (χ1v) is 9.35. The topological polar surface area (TPSA) is 33.4 Å². The van der Waals surface area contributed by atoms with Gasteiger partial charge in [-0.25, -0.2) is 0 Å². The highest BCUT2D eigenvalue weighted by molar-refractivity contribution is 7.12. The average Bonchev–Trinajstić information content (AvgIpc) is 3.35. The quantitative estimate of drug-likeness (QED) is 0.416. The Bertz CT molecular complexity index is 926. The third-order valence-corrected chi connectivity index (χ3v) is 5.09. The molecule has 0 saturated carbocycles. The van der Waals surface area contributed by atoms with E-state index in [4.69, 9.17) is 4.74 Å². The van der Waals surface area contributed by atoms with Gasteiger partial charge in [-0.1, -0.05) is 36.4 Å². The first-order valence-electron chi connectivity index (χ1n) is 8.47. The van der Waals surface area contributed by atoms with Gasteiger partial charge in [0.15, 0.2) is 24.9 Å². The van der Waals surface area contributed by atoms with Gasteiger partial charge in [-0.3, -0.25) is 4.79 Å². The normalized spacial score (nSPS) is 12.9. The Morgan fingerprint density at radius 3 is 2.74 bits per heavy atom. The van der Waals surface area contributed by atoms with E-state index in [1.165, 1.54) is 16.9 Å². The number of benzene rings is 1. The summed E-state index contributed by atoms with van der Waals surface area (Å²) in [5.41, 5.74) is 2.22. The molecule has 0 fully saturated rings. The highest BCUT2D eigenvalue weighted by Crippen LogP contribution is 2.22. The third-order valence-electron chi connectivity index (χ3n) is 4.18. The van der Waals surface area contributed by atoms with Crippen LogP contribution in [0.25, 0.3) is 5.76 Å². The number of pyridine rings is 1. The monoisotopic (exact) mass is 442 g/mol. The molecule has 0 aliphatic carbocycles. The summed E-state index contributed by atoms with van der Waals surface area (Å²) in [6, 6.07) is 18.0. The first-order chi connectivity index (χ1) is 12.8. The van der Waals surface area contributed by atoms with Crippen LogP contribution in [0.3, 0.4) is 0 Å². The highest BCUT2D eigenvalue weighted by atomic mass is 79.9. The van der Waals surface area contributed by atoms with Crippen molar-refractivity contribution in [3.63, 3.8) is 0 Å². The van der Waals surface area contributed by atoms with E-state index < -0.39 is 0 Å². The van der Waals surface area contributed by atoms with E-state index in [-0.39, 0.29) is 22.8 Å². The van der Waals surface area contributed by atoms with Crippen molar-refractivity contribution in [3.8, 4) is 0 Å². The average molecular weight is 443 g/mol. The van der Waals surface area contributed by atoms with Crippen LogP contribution >= 0.6 is 11.3 Å². The number of carbonyl (C=O) groups is 1. The zero-order chi connectivity index (χ0) is 17.8. The molecule has 0 spiro atoms. The molecule has 1 aromatic carbocycles. The molecule has 0 N–H and O–H groups in total. The van der Waals surface area contributed by atoms with E-state index in [1.807, 2.05) is 71.0 Å². The fourth-order valence-corrected chi connectivity index (χ4v) is 3.56. The summed E-state index contributed by atoms with van der Waals surface area (Å²) in [6.07, 6.45) is 5.91. The molecule has 1 aliphatic heterocycles. The summed E-state index contributed by atoms with van der Waals surface area (Å²) in [5, 5.41) is 1.92. The van der Waals surface area contributed by atoms with Crippen molar-refractivity contribution in [1.29, 1.82) is 0 Å². The highest BCUT2D eigenvalue weighted by Gasteiger charge is 2.19. The van der Waals surface area contributed by atoms with Crippen LogP contribution in [0.4, 0.5) is 0 Å². The van der Waals surface area contributed by atoms with Crippen LogP contribution in [0.2, 0.25) is 0 Å². The van der Waals surface area contributed by atoms with Crippen molar-refractivity contribution in [3.05, 3.63) is 94.6 Å². The SMILES string of the molecule is O=C(C[n+]1cccc(C2=CN(Cc3ccccc3)CO2)c1)c1cccs1.[Br-].